The standard InChI is InChI=1S/C26H17FN6O4/c27-17-5-1-3-14(9-17)11-22(34)29-20-6-2-4-16-12-21(30-23(16)20)25(35)31-19-8-7-15(13-28)10-18(19)24-32-26(36)37-33-24/h1-10,12,30H,11H2,(H,29,34)(H,31,35)(H,32,33,36). The van der Waals surface area contributed by atoms with Gasteiger partial charge in [0.05, 0.1) is 34.9 Å². The van der Waals surface area contributed by atoms with E-state index < -0.39 is 17.5 Å². The second-order valence-electron chi connectivity index (χ2n) is 8.08. The van der Waals surface area contributed by atoms with Gasteiger partial charge in [-0.25, -0.2) is 9.18 Å². The van der Waals surface area contributed by atoms with Crippen LogP contribution < -0.4 is 16.4 Å². The number of carbonyl (C=O) groups excluding carboxylic acids is 2. The normalized spacial score (nSPS) is 10.7. The van der Waals surface area contributed by atoms with E-state index in [1.165, 1.54) is 36.4 Å². The number of halogens is 1. The van der Waals surface area contributed by atoms with Crippen molar-refractivity contribution in [1.29, 1.82) is 5.26 Å². The summed E-state index contributed by atoms with van der Waals surface area (Å²) in [6.45, 7) is 0. The lowest BCUT2D eigenvalue weighted by atomic mass is 10.1. The van der Waals surface area contributed by atoms with Gasteiger partial charge in [-0.2, -0.15) is 5.26 Å². The summed E-state index contributed by atoms with van der Waals surface area (Å²) in [5.74, 6) is -2.00. The summed E-state index contributed by atoms with van der Waals surface area (Å²) >= 11 is 0. The lowest BCUT2D eigenvalue weighted by Crippen LogP contribution is -2.15. The minimum absolute atomic E-state index is 0.0200. The minimum atomic E-state index is -0.780. The topological polar surface area (TPSA) is 157 Å². The predicted octanol–water partition coefficient (Wildman–Crippen LogP) is 3.96. The number of aromatic nitrogens is 3. The van der Waals surface area contributed by atoms with Crippen LogP contribution in [0.5, 0.6) is 0 Å². The third kappa shape index (κ3) is 4.98. The van der Waals surface area contributed by atoms with E-state index in [4.69, 9.17) is 0 Å². The van der Waals surface area contributed by atoms with Crippen LogP contribution in [-0.2, 0) is 11.2 Å². The molecule has 0 aliphatic heterocycles. The Bertz CT molecular complexity index is 1760. The number of para-hydroxylation sites is 1. The largest absolute Gasteiger partial charge is 0.439 e. The molecule has 0 aliphatic rings. The van der Waals surface area contributed by atoms with Crippen molar-refractivity contribution in [2.24, 2.45) is 0 Å². The number of carbonyl (C=O) groups is 2. The third-order valence-electron chi connectivity index (χ3n) is 5.52. The summed E-state index contributed by atoms with van der Waals surface area (Å²) in [5, 5.41) is 19.1. The van der Waals surface area contributed by atoms with Gasteiger partial charge < -0.3 is 15.6 Å². The maximum atomic E-state index is 13.4. The molecule has 5 aromatic rings. The lowest BCUT2D eigenvalue weighted by molar-refractivity contribution is -0.115. The van der Waals surface area contributed by atoms with Gasteiger partial charge in [0.15, 0.2) is 5.82 Å². The molecule has 0 bridgehead atoms. The molecule has 0 aliphatic carbocycles. The van der Waals surface area contributed by atoms with Crippen LogP contribution in [0.25, 0.3) is 22.3 Å². The minimum Gasteiger partial charge on any atom is -0.349 e. The van der Waals surface area contributed by atoms with Crippen LogP contribution in [0.4, 0.5) is 15.8 Å². The highest BCUT2D eigenvalue weighted by molar-refractivity contribution is 6.09. The Balaban J connectivity index is 1.39. The van der Waals surface area contributed by atoms with Crippen molar-refractivity contribution in [2.75, 3.05) is 10.6 Å². The molecule has 2 aromatic heterocycles. The first-order valence-corrected chi connectivity index (χ1v) is 11.0. The Morgan fingerprint density at radius 1 is 1.00 bits per heavy atom. The van der Waals surface area contributed by atoms with Crippen LogP contribution in [0.3, 0.4) is 0 Å². The SMILES string of the molecule is N#Cc1ccc(NC(=O)c2cc3cccc(NC(=O)Cc4cccc(F)c4)c3[nH]2)c(-c2noc(=O)[nH]2)c1. The monoisotopic (exact) mass is 496 g/mol. The van der Waals surface area contributed by atoms with Crippen LogP contribution in [0.15, 0.2) is 76.0 Å². The number of fused-ring (bicyclic) bond motifs is 1. The molecular formula is C26H17FN6O4. The smallest absolute Gasteiger partial charge is 0.349 e. The third-order valence-corrected chi connectivity index (χ3v) is 5.52. The van der Waals surface area contributed by atoms with Crippen molar-refractivity contribution in [3.05, 3.63) is 99.9 Å². The zero-order chi connectivity index (χ0) is 25.9. The first-order chi connectivity index (χ1) is 17.9. The van der Waals surface area contributed by atoms with Crippen molar-refractivity contribution in [1.82, 2.24) is 15.1 Å². The van der Waals surface area contributed by atoms with Gasteiger partial charge in [0.2, 0.25) is 5.91 Å². The molecule has 0 radical (unpaired) electrons. The Hall–Kier alpha value is -5.50. The molecule has 4 N–H and O–H groups in total. The van der Waals surface area contributed by atoms with Crippen LogP contribution in [-0.4, -0.2) is 26.9 Å². The van der Waals surface area contributed by atoms with E-state index in [0.717, 1.165) is 0 Å². The quantitative estimate of drug-likeness (QED) is 0.279. The highest BCUT2D eigenvalue weighted by Gasteiger charge is 2.17. The van der Waals surface area contributed by atoms with E-state index in [1.807, 2.05) is 6.07 Å². The van der Waals surface area contributed by atoms with Crippen LogP contribution in [0.2, 0.25) is 0 Å². The molecule has 10 nitrogen and oxygen atoms in total. The number of rotatable bonds is 6. The molecule has 0 unspecified atom stereocenters. The van der Waals surface area contributed by atoms with Crippen molar-refractivity contribution in [3.63, 3.8) is 0 Å². The molecule has 2 amide bonds. The van der Waals surface area contributed by atoms with Gasteiger partial charge in [-0.15, -0.1) is 0 Å². The number of nitriles is 1. The maximum absolute atomic E-state index is 13.4. The molecule has 0 fully saturated rings. The van der Waals surface area contributed by atoms with Crippen molar-refractivity contribution in [2.45, 2.75) is 6.42 Å². The van der Waals surface area contributed by atoms with Gasteiger partial charge in [0.25, 0.3) is 5.91 Å². The summed E-state index contributed by atoms with van der Waals surface area (Å²) in [6.07, 6.45) is -0.0200. The summed E-state index contributed by atoms with van der Waals surface area (Å²) in [6, 6.07) is 19.1. The van der Waals surface area contributed by atoms with E-state index in [0.29, 0.717) is 33.3 Å². The molecule has 3 aromatic carbocycles. The fraction of sp³-hybridized carbons (Fsp3) is 0.0385. The molecule has 0 saturated carbocycles. The van der Waals surface area contributed by atoms with Crippen LogP contribution in [0.1, 0.15) is 21.6 Å². The number of nitrogens with zero attached hydrogens (tertiary/aromatic N) is 2. The zero-order valence-electron chi connectivity index (χ0n) is 19.0. The average Bonchev–Trinajstić information content (AvgIpc) is 3.51. The second-order valence-corrected chi connectivity index (χ2v) is 8.08. The van der Waals surface area contributed by atoms with Gasteiger partial charge in [-0.3, -0.25) is 19.1 Å². The van der Waals surface area contributed by atoms with Gasteiger partial charge in [-0.1, -0.05) is 29.4 Å². The van der Waals surface area contributed by atoms with Gasteiger partial charge in [0.1, 0.15) is 11.5 Å². The highest BCUT2D eigenvalue weighted by atomic mass is 19.1. The van der Waals surface area contributed by atoms with Crippen molar-refractivity contribution < 1.29 is 18.5 Å². The second kappa shape index (κ2) is 9.63. The number of amides is 2. The molecule has 37 heavy (non-hydrogen) atoms. The molecule has 11 heteroatoms. The molecular weight excluding hydrogens is 479 g/mol. The van der Waals surface area contributed by atoms with Crippen molar-refractivity contribution in [3.8, 4) is 17.5 Å². The van der Waals surface area contributed by atoms with E-state index in [9.17, 15) is 24.0 Å². The number of hydrogen-bond donors (Lipinski definition) is 4. The molecule has 0 atom stereocenters. The Kier molecular flexibility index (Phi) is 6.05. The fourth-order valence-corrected chi connectivity index (χ4v) is 3.86. The van der Waals surface area contributed by atoms with Crippen LogP contribution in [0, 0.1) is 17.1 Å². The highest BCUT2D eigenvalue weighted by Crippen LogP contribution is 2.28. The van der Waals surface area contributed by atoms with Crippen molar-refractivity contribution >= 4 is 34.1 Å². The molecule has 2 heterocycles. The van der Waals surface area contributed by atoms with E-state index in [1.54, 1.807) is 30.3 Å². The number of H-pyrrole nitrogens is 2. The lowest BCUT2D eigenvalue weighted by Gasteiger charge is -2.09. The Morgan fingerprint density at radius 3 is 2.59 bits per heavy atom. The first-order valence-electron chi connectivity index (χ1n) is 11.0. The Labute approximate surface area is 207 Å². The maximum Gasteiger partial charge on any atom is 0.439 e. The first kappa shape index (κ1) is 23.3. The molecule has 0 spiro atoms. The average molecular weight is 496 g/mol. The molecule has 182 valence electrons. The van der Waals surface area contributed by atoms with Gasteiger partial charge in [0, 0.05) is 10.9 Å². The summed E-state index contributed by atoms with van der Waals surface area (Å²) in [5.41, 5.74) is 2.59. The number of benzene rings is 3. The van der Waals surface area contributed by atoms with Gasteiger partial charge in [-0.05, 0) is 48.0 Å². The molecule has 0 saturated heterocycles. The van der Waals surface area contributed by atoms with Gasteiger partial charge >= 0.3 is 5.76 Å². The van der Waals surface area contributed by atoms with E-state index in [-0.39, 0.29) is 29.5 Å². The van der Waals surface area contributed by atoms with E-state index >= 15 is 0 Å². The van der Waals surface area contributed by atoms with E-state index in [2.05, 4.69) is 30.3 Å². The number of anilines is 2. The fourth-order valence-electron chi connectivity index (χ4n) is 3.86. The van der Waals surface area contributed by atoms with Crippen LogP contribution >= 0.6 is 0 Å². The molecule has 5 rings (SSSR count). The number of nitrogens with one attached hydrogen (secondary N) is 4. The number of hydrogen-bond acceptors (Lipinski definition) is 6. The number of aromatic amines is 2. The summed E-state index contributed by atoms with van der Waals surface area (Å²) in [7, 11) is 0. The summed E-state index contributed by atoms with van der Waals surface area (Å²) < 4.78 is 18.0. The Morgan fingerprint density at radius 2 is 1.84 bits per heavy atom. The zero-order valence-corrected chi connectivity index (χ0v) is 19.0. The predicted molar refractivity (Wildman–Crippen MR) is 132 cm³/mol. The summed E-state index contributed by atoms with van der Waals surface area (Å²) in [4.78, 5) is 42.5.